The Kier molecular flexibility index (Phi) is 30.0. The molecule has 1 rings (SSSR count). The average Bonchev–Trinajstić information content (AvgIpc) is 3.14. The van der Waals surface area contributed by atoms with Gasteiger partial charge in [0.2, 0.25) is 0 Å². The van der Waals surface area contributed by atoms with E-state index in [1.54, 1.807) is 6.92 Å². The lowest BCUT2D eigenvalue weighted by Gasteiger charge is -2.41. The first kappa shape index (κ1) is 50.9. The molecule has 6 unspecified atom stereocenters. The van der Waals surface area contributed by atoms with Gasteiger partial charge in [0.15, 0.2) is 6.10 Å². The molecule has 0 spiro atoms. The zero-order valence-electron chi connectivity index (χ0n) is 33.5. The van der Waals surface area contributed by atoms with Gasteiger partial charge < -0.3 is 39.9 Å². The van der Waals surface area contributed by atoms with Gasteiger partial charge in [0.05, 0.1) is 6.61 Å². The molecule has 6 N–H and O–H groups in total. The summed E-state index contributed by atoms with van der Waals surface area (Å²) in [6.45, 7) is 2.86. The van der Waals surface area contributed by atoms with Crippen molar-refractivity contribution in [2.24, 2.45) is 0 Å². The number of rotatable bonds is 35. The van der Waals surface area contributed by atoms with Crippen LogP contribution >= 0.6 is 7.82 Å². The van der Waals surface area contributed by atoms with Crippen molar-refractivity contribution in [1.82, 2.24) is 0 Å². The molecule has 0 amide bonds. The highest BCUT2D eigenvalue weighted by atomic mass is 31.2. The third-order valence-corrected chi connectivity index (χ3v) is 11.2. The minimum Gasteiger partial charge on any atom is -0.462 e. The number of phosphoric ester groups is 1. The summed E-state index contributed by atoms with van der Waals surface area (Å²) >= 11 is 0. The molecule has 1 saturated carbocycles. The van der Waals surface area contributed by atoms with Crippen LogP contribution in [0, 0.1) is 0 Å². The SMILES string of the molecule is CCCCCCCCCCCCCCCCCCCCCCCCCCC(=O)OC[C@H](COP(=O)(O)OC1C(O)C(O)C(O)[C@@H](O)C1O)OC(=O)CCC. The maximum atomic E-state index is 12.6. The van der Waals surface area contributed by atoms with Crippen molar-refractivity contribution >= 4 is 19.8 Å². The summed E-state index contributed by atoms with van der Waals surface area (Å²) in [7, 11) is -5.08. The Labute approximate surface area is 325 Å². The normalized spacial score (nSPS) is 23.2. The number of aliphatic hydroxyl groups is 5. The van der Waals surface area contributed by atoms with Crippen molar-refractivity contribution in [2.75, 3.05) is 13.2 Å². The molecule has 0 saturated heterocycles. The Morgan fingerprint density at radius 2 is 0.870 bits per heavy atom. The third-order valence-electron chi connectivity index (χ3n) is 10.2. The van der Waals surface area contributed by atoms with Crippen LogP contribution in [-0.2, 0) is 32.7 Å². The third kappa shape index (κ3) is 24.5. The van der Waals surface area contributed by atoms with E-state index in [-0.39, 0.29) is 12.8 Å². The van der Waals surface area contributed by atoms with Crippen LogP contribution in [-0.4, -0.2) is 98.3 Å². The van der Waals surface area contributed by atoms with Crippen LogP contribution < -0.4 is 0 Å². The van der Waals surface area contributed by atoms with E-state index in [0.717, 1.165) is 19.3 Å². The van der Waals surface area contributed by atoms with Gasteiger partial charge in [0.25, 0.3) is 0 Å². The lowest BCUT2D eigenvalue weighted by atomic mass is 9.85. The van der Waals surface area contributed by atoms with E-state index < -0.39 is 75.7 Å². The Hall–Kier alpha value is -1.15. The van der Waals surface area contributed by atoms with E-state index >= 15 is 0 Å². The Balaban J connectivity index is 2.11. The molecule has 1 aliphatic carbocycles. The first-order valence-electron chi connectivity index (χ1n) is 21.3. The Morgan fingerprint density at radius 3 is 1.26 bits per heavy atom. The minimum absolute atomic E-state index is 0.0514. The Morgan fingerprint density at radius 1 is 0.500 bits per heavy atom. The van der Waals surface area contributed by atoms with Gasteiger partial charge in [-0.1, -0.05) is 162 Å². The lowest BCUT2D eigenvalue weighted by molar-refractivity contribution is -0.220. The highest BCUT2D eigenvalue weighted by Crippen LogP contribution is 2.47. The molecule has 13 nitrogen and oxygen atoms in total. The van der Waals surface area contributed by atoms with E-state index in [1.165, 1.54) is 128 Å². The van der Waals surface area contributed by atoms with E-state index in [9.17, 15) is 44.6 Å². The summed E-state index contributed by atoms with van der Waals surface area (Å²) in [5, 5.41) is 49.5. The molecule has 54 heavy (non-hydrogen) atoms. The second-order valence-electron chi connectivity index (χ2n) is 15.2. The molecule has 1 aliphatic rings. The van der Waals surface area contributed by atoms with Gasteiger partial charge >= 0.3 is 19.8 Å². The number of carbonyl (C=O) groups excluding carboxylic acids is 2. The Bertz CT molecular complexity index is 969. The van der Waals surface area contributed by atoms with Crippen molar-refractivity contribution in [1.29, 1.82) is 0 Å². The molecule has 0 aliphatic heterocycles. The van der Waals surface area contributed by atoms with E-state index in [1.807, 2.05) is 0 Å². The van der Waals surface area contributed by atoms with Crippen molar-refractivity contribution < 1.29 is 63.1 Å². The van der Waals surface area contributed by atoms with Crippen LogP contribution in [0.3, 0.4) is 0 Å². The molecule has 8 atom stereocenters. The predicted octanol–water partition coefficient (Wildman–Crippen LogP) is 7.33. The molecular weight excluding hydrogens is 719 g/mol. The smallest absolute Gasteiger partial charge is 0.462 e. The molecule has 14 heteroatoms. The summed E-state index contributed by atoms with van der Waals surface area (Å²) in [6.07, 6.45) is 18.5. The van der Waals surface area contributed by atoms with Gasteiger partial charge in [0.1, 0.15) is 43.2 Å². The molecule has 0 radical (unpaired) electrons. The largest absolute Gasteiger partial charge is 0.472 e. The quantitative estimate of drug-likeness (QED) is 0.0211. The number of hydrogen-bond donors (Lipinski definition) is 6. The minimum atomic E-state index is -5.08. The summed E-state index contributed by atoms with van der Waals surface area (Å²) in [5.41, 5.74) is 0. The first-order chi connectivity index (χ1) is 25.9. The molecule has 0 aromatic carbocycles. The lowest BCUT2D eigenvalue weighted by Crippen LogP contribution is -2.64. The fourth-order valence-electron chi connectivity index (χ4n) is 6.74. The van der Waals surface area contributed by atoms with E-state index in [2.05, 4.69) is 6.92 Å². The monoisotopic (exact) mass is 797 g/mol. The number of unbranched alkanes of at least 4 members (excludes halogenated alkanes) is 23. The van der Waals surface area contributed by atoms with Gasteiger partial charge in [0, 0.05) is 12.8 Å². The molecule has 0 aromatic heterocycles. The fraction of sp³-hybridized carbons (Fsp3) is 0.950. The number of esters is 2. The predicted molar refractivity (Wildman–Crippen MR) is 208 cm³/mol. The van der Waals surface area contributed by atoms with Gasteiger partial charge in [-0.25, -0.2) is 4.57 Å². The van der Waals surface area contributed by atoms with Crippen LogP contribution in [0.5, 0.6) is 0 Å². The molecule has 0 bridgehead atoms. The van der Waals surface area contributed by atoms with Crippen LogP contribution in [0.2, 0.25) is 0 Å². The molecule has 1 fully saturated rings. The summed E-state index contributed by atoms with van der Waals surface area (Å²) in [4.78, 5) is 34.6. The van der Waals surface area contributed by atoms with Crippen molar-refractivity contribution in [3.05, 3.63) is 0 Å². The zero-order chi connectivity index (χ0) is 40.0. The maximum absolute atomic E-state index is 12.6. The topological polar surface area (TPSA) is 210 Å². The first-order valence-corrected chi connectivity index (χ1v) is 22.8. The number of phosphoric acid groups is 1. The van der Waals surface area contributed by atoms with Gasteiger partial charge in [-0.05, 0) is 12.8 Å². The summed E-state index contributed by atoms with van der Waals surface area (Å²) in [6, 6.07) is 0. The second-order valence-corrected chi connectivity index (χ2v) is 16.6. The van der Waals surface area contributed by atoms with E-state index in [0.29, 0.717) is 12.8 Å². The van der Waals surface area contributed by atoms with Crippen molar-refractivity contribution in [3.63, 3.8) is 0 Å². The second kappa shape index (κ2) is 31.9. The average molecular weight is 797 g/mol. The number of hydrogen-bond acceptors (Lipinski definition) is 12. The van der Waals surface area contributed by atoms with Crippen LogP contribution in [0.1, 0.15) is 187 Å². The number of ether oxygens (including phenoxy) is 2. The molecule has 320 valence electrons. The van der Waals surface area contributed by atoms with E-state index in [4.69, 9.17) is 18.5 Å². The highest BCUT2D eigenvalue weighted by Gasteiger charge is 2.51. The van der Waals surface area contributed by atoms with Crippen LogP contribution in [0.25, 0.3) is 0 Å². The molecular formula is C40H77O13P. The molecule has 0 heterocycles. The number of carbonyl (C=O) groups is 2. The highest BCUT2D eigenvalue weighted by molar-refractivity contribution is 7.47. The van der Waals surface area contributed by atoms with Gasteiger partial charge in [-0.15, -0.1) is 0 Å². The van der Waals surface area contributed by atoms with Gasteiger partial charge in [-0.3, -0.25) is 18.6 Å². The molecule has 0 aromatic rings. The van der Waals surface area contributed by atoms with Crippen LogP contribution in [0.4, 0.5) is 0 Å². The van der Waals surface area contributed by atoms with Crippen molar-refractivity contribution in [2.45, 2.75) is 230 Å². The standard InChI is InChI=1S/C40H77O13P/c1-3-5-6-7-8-9-10-11-12-13-14-15-16-17-18-19-20-21-22-23-24-25-26-27-29-33(41)50-30-32(52-34(42)28-4-2)31-51-54(48,49)53-40-38(46)36(44)35(43)37(45)39(40)47/h32,35-40,43-47H,3-31H2,1-2H3,(H,48,49)/t32-,35?,36-,37?,38?,39?,40?/m1/s1. The van der Waals surface area contributed by atoms with Crippen LogP contribution in [0.15, 0.2) is 0 Å². The van der Waals surface area contributed by atoms with Crippen molar-refractivity contribution in [3.8, 4) is 0 Å². The van der Waals surface area contributed by atoms with Gasteiger partial charge in [-0.2, -0.15) is 0 Å². The fourth-order valence-corrected chi connectivity index (χ4v) is 7.71. The number of aliphatic hydroxyl groups excluding tert-OH is 5. The summed E-state index contributed by atoms with van der Waals surface area (Å²) in [5.74, 6) is -1.15. The zero-order valence-corrected chi connectivity index (χ0v) is 34.4. The summed E-state index contributed by atoms with van der Waals surface area (Å²) < 4.78 is 32.7. The maximum Gasteiger partial charge on any atom is 0.472 e.